The summed E-state index contributed by atoms with van der Waals surface area (Å²) in [6.07, 6.45) is 0.858. The molecule has 1 aliphatic carbocycles. The topological polar surface area (TPSA) is 41.1 Å². The Hall–Kier alpha value is -2.36. The molecule has 4 heteroatoms. The van der Waals surface area contributed by atoms with Crippen LogP contribution in [0.25, 0.3) is 0 Å². The summed E-state index contributed by atoms with van der Waals surface area (Å²) in [5, 5.41) is 5.88. The molecule has 3 rings (SSSR count). The summed E-state index contributed by atoms with van der Waals surface area (Å²) in [7, 11) is 0. The Kier molecular flexibility index (Phi) is 4.09. The van der Waals surface area contributed by atoms with E-state index in [1.54, 1.807) is 6.07 Å². The maximum Gasteiger partial charge on any atom is 0.315 e. The van der Waals surface area contributed by atoms with Gasteiger partial charge in [0.05, 0.1) is 6.04 Å². The molecule has 2 amide bonds. The average molecular weight is 298 g/mol. The molecule has 0 bridgehead atoms. The van der Waals surface area contributed by atoms with Crippen LogP contribution in [0.1, 0.15) is 36.4 Å². The molecule has 0 saturated heterocycles. The zero-order chi connectivity index (χ0) is 15.5. The van der Waals surface area contributed by atoms with Crippen molar-refractivity contribution in [3.8, 4) is 0 Å². The molecule has 114 valence electrons. The Labute approximate surface area is 129 Å². The van der Waals surface area contributed by atoms with Gasteiger partial charge < -0.3 is 10.6 Å². The van der Waals surface area contributed by atoms with Crippen molar-refractivity contribution in [2.75, 3.05) is 0 Å². The second kappa shape index (κ2) is 6.18. The lowest BCUT2D eigenvalue weighted by Gasteiger charge is -2.15. The van der Waals surface area contributed by atoms with Gasteiger partial charge in [-0.1, -0.05) is 42.5 Å². The molecular formula is C18H19FN2O. The predicted octanol–water partition coefficient (Wildman–Crippen LogP) is 3.74. The maximum absolute atomic E-state index is 13.2. The number of urea groups is 1. The van der Waals surface area contributed by atoms with Crippen LogP contribution < -0.4 is 10.6 Å². The summed E-state index contributed by atoms with van der Waals surface area (Å²) >= 11 is 0. The Bertz CT molecular complexity index is 659. The summed E-state index contributed by atoms with van der Waals surface area (Å²) < 4.78 is 13.2. The standard InChI is InChI=1S/C18H19FN2O/c1-12(13-6-3-2-4-7-13)20-18(22)21-17-11-16(17)14-8-5-9-15(19)10-14/h2-10,12,16-17H,11H2,1H3,(H2,20,21,22). The molecular weight excluding hydrogens is 279 g/mol. The van der Waals surface area contributed by atoms with Crippen molar-refractivity contribution in [3.63, 3.8) is 0 Å². The summed E-state index contributed by atoms with van der Waals surface area (Å²) in [6, 6.07) is 16.3. The molecule has 2 aromatic carbocycles. The minimum Gasteiger partial charge on any atom is -0.335 e. The normalized spacial score (nSPS) is 21.0. The van der Waals surface area contributed by atoms with Crippen LogP contribution in [-0.4, -0.2) is 12.1 Å². The number of carbonyl (C=O) groups is 1. The molecule has 1 saturated carbocycles. The number of hydrogen-bond donors (Lipinski definition) is 2. The second-order valence-corrected chi connectivity index (χ2v) is 5.75. The number of hydrogen-bond acceptors (Lipinski definition) is 1. The van der Waals surface area contributed by atoms with Crippen molar-refractivity contribution in [1.29, 1.82) is 0 Å². The fourth-order valence-corrected chi connectivity index (χ4v) is 2.69. The van der Waals surface area contributed by atoms with E-state index in [-0.39, 0.29) is 29.8 Å². The molecule has 0 spiro atoms. The van der Waals surface area contributed by atoms with Crippen LogP contribution in [0, 0.1) is 5.82 Å². The maximum atomic E-state index is 13.2. The van der Waals surface area contributed by atoms with Crippen LogP contribution in [-0.2, 0) is 0 Å². The minimum atomic E-state index is -0.231. The van der Waals surface area contributed by atoms with Crippen LogP contribution in [0.15, 0.2) is 54.6 Å². The van der Waals surface area contributed by atoms with E-state index in [0.717, 1.165) is 17.5 Å². The van der Waals surface area contributed by atoms with E-state index in [4.69, 9.17) is 0 Å². The van der Waals surface area contributed by atoms with Gasteiger partial charge in [-0.2, -0.15) is 0 Å². The highest BCUT2D eigenvalue weighted by Gasteiger charge is 2.39. The van der Waals surface area contributed by atoms with Crippen molar-refractivity contribution in [2.24, 2.45) is 0 Å². The monoisotopic (exact) mass is 298 g/mol. The van der Waals surface area contributed by atoms with Crippen molar-refractivity contribution in [2.45, 2.75) is 31.3 Å². The SMILES string of the molecule is CC(NC(=O)NC1CC1c1cccc(F)c1)c1ccccc1. The van der Waals surface area contributed by atoms with Gasteiger partial charge >= 0.3 is 6.03 Å². The zero-order valence-corrected chi connectivity index (χ0v) is 12.4. The fourth-order valence-electron chi connectivity index (χ4n) is 2.69. The number of nitrogens with one attached hydrogen (secondary N) is 2. The number of benzene rings is 2. The van der Waals surface area contributed by atoms with Crippen molar-refractivity contribution < 1.29 is 9.18 Å². The third kappa shape index (κ3) is 3.45. The quantitative estimate of drug-likeness (QED) is 0.887. The Morgan fingerprint density at radius 3 is 2.68 bits per heavy atom. The summed E-state index contributed by atoms with van der Waals surface area (Å²) in [4.78, 5) is 12.0. The van der Waals surface area contributed by atoms with Gasteiger partial charge in [-0.3, -0.25) is 0 Å². The average Bonchev–Trinajstić information content (AvgIpc) is 3.27. The summed E-state index contributed by atoms with van der Waals surface area (Å²) in [5.74, 6) is -0.0150. The van der Waals surface area contributed by atoms with Crippen LogP contribution in [0.2, 0.25) is 0 Å². The lowest BCUT2D eigenvalue weighted by molar-refractivity contribution is 0.237. The first kappa shape index (κ1) is 14.6. The Balaban J connectivity index is 1.51. The van der Waals surface area contributed by atoms with Crippen molar-refractivity contribution in [3.05, 3.63) is 71.5 Å². The lowest BCUT2D eigenvalue weighted by Crippen LogP contribution is -2.38. The number of rotatable bonds is 4. The molecule has 22 heavy (non-hydrogen) atoms. The summed E-state index contributed by atoms with van der Waals surface area (Å²) in [5.41, 5.74) is 2.01. The second-order valence-electron chi connectivity index (χ2n) is 5.75. The van der Waals surface area contributed by atoms with Crippen molar-refractivity contribution >= 4 is 6.03 Å². The Morgan fingerprint density at radius 1 is 1.18 bits per heavy atom. The number of amides is 2. The predicted molar refractivity (Wildman–Crippen MR) is 84.1 cm³/mol. The van der Waals surface area contributed by atoms with E-state index in [0.29, 0.717) is 0 Å². The van der Waals surface area contributed by atoms with Crippen LogP contribution >= 0.6 is 0 Å². The molecule has 1 fully saturated rings. The lowest BCUT2D eigenvalue weighted by atomic mass is 10.1. The third-order valence-corrected chi connectivity index (χ3v) is 4.03. The van der Waals surface area contributed by atoms with E-state index >= 15 is 0 Å². The molecule has 3 unspecified atom stereocenters. The zero-order valence-electron chi connectivity index (χ0n) is 12.4. The van der Waals surface area contributed by atoms with Gasteiger partial charge in [0.2, 0.25) is 0 Å². The van der Waals surface area contributed by atoms with Gasteiger partial charge in [0.15, 0.2) is 0 Å². The first-order chi connectivity index (χ1) is 10.6. The summed E-state index contributed by atoms with van der Waals surface area (Å²) in [6.45, 7) is 1.95. The van der Waals surface area contributed by atoms with Crippen LogP contribution in [0.5, 0.6) is 0 Å². The molecule has 0 aromatic heterocycles. The van der Waals surface area contributed by atoms with E-state index in [2.05, 4.69) is 10.6 Å². The molecule has 0 aliphatic heterocycles. The third-order valence-electron chi connectivity index (χ3n) is 4.03. The highest BCUT2D eigenvalue weighted by atomic mass is 19.1. The van der Waals surface area contributed by atoms with Gasteiger partial charge in [0.1, 0.15) is 5.82 Å². The molecule has 0 heterocycles. The highest BCUT2D eigenvalue weighted by Crippen LogP contribution is 2.40. The first-order valence-corrected chi connectivity index (χ1v) is 7.51. The van der Waals surface area contributed by atoms with Crippen LogP contribution in [0.3, 0.4) is 0 Å². The van der Waals surface area contributed by atoms with E-state index in [1.807, 2.05) is 43.3 Å². The van der Waals surface area contributed by atoms with Gasteiger partial charge in [0.25, 0.3) is 0 Å². The van der Waals surface area contributed by atoms with Gasteiger partial charge in [-0.25, -0.2) is 9.18 Å². The van der Waals surface area contributed by atoms with Gasteiger partial charge in [0, 0.05) is 12.0 Å². The highest BCUT2D eigenvalue weighted by molar-refractivity contribution is 5.75. The smallest absolute Gasteiger partial charge is 0.315 e. The van der Waals surface area contributed by atoms with E-state index in [9.17, 15) is 9.18 Å². The molecule has 2 N–H and O–H groups in total. The molecule has 3 nitrogen and oxygen atoms in total. The van der Waals surface area contributed by atoms with Gasteiger partial charge in [-0.15, -0.1) is 0 Å². The largest absolute Gasteiger partial charge is 0.335 e. The number of halogens is 1. The first-order valence-electron chi connectivity index (χ1n) is 7.51. The molecule has 0 radical (unpaired) electrons. The van der Waals surface area contributed by atoms with Crippen LogP contribution in [0.4, 0.5) is 9.18 Å². The van der Waals surface area contributed by atoms with Crippen molar-refractivity contribution in [1.82, 2.24) is 10.6 Å². The minimum absolute atomic E-state index is 0.0485. The molecule has 3 atom stereocenters. The van der Waals surface area contributed by atoms with E-state index in [1.165, 1.54) is 12.1 Å². The van der Waals surface area contributed by atoms with Gasteiger partial charge in [-0.05, 0) is 36.6 Å². The number of carbonyl (C=O) groups excluding carboxylic acids is 1. The van der Waals surface area contributed by atoms with E-state index < -0.39 is 0 Å². The Morgan fingerprint density at radius 2 is 1.95 bits per heavy atom. The molecule has 2 aromatic rings. The fraction of sp³-hybridized carbons (Fsp3) is 0.278. The molecule has 1 aliphatic rings.